The fraction of sp³-hybridized carbons (Fsp3) is 0.200. The molecular weight excluding hydrogens is 422 g/mol. The molecular formula is C25H27N3O3S. The quantitative estimate of drug-likeness (QED) is 0.205. The van der Waals surface area contributed by atoms with Gasteiger partial charge in [0, 0.05) is 11.3 Å². The number of methoxy groups -OCH3 is 1. The SMILES string of the molecule is COc1ccc(OCCOc2ccc(C)cc2/C=N\NC(=S)Nc2ccc(C)cc2)cc1. The molecule has 6 nitrogen and oxygen atoms in total. The van der Waals surface area contributed by atoms with Gasteiger partial charge in [-0.2, -0.15) is 5.10 Å². The first-order chi connectivity index (χ1) is 15.5. The van der Waals surface area contributed by atoms with Crippen LogP contribution in [-0.2, 0) is 0 Å². The average molecular weight is 450 g/mol. The third kappa shape index (κ3) is 7.28. The maximum Gasteiger partial charge on any atom is 0.191 e. The fourth-order valence-electron chi connectivity index (χ4n) is 2.84. The number of ether oxygens (including phenoxy) is 3. The third-order valence-corrected chi connectivity index (χ3v) is 4.71. The smallest absolute Gasteiger partial charge is 0.191 e. The monoisotopic (exact) mass is 449 g/mol. The summed E-state index contributed by atoms with van der Waals surface area (Å²) in [6.45, 7) is 4.87. The number of nitrogens with zero attached hydrogens (tertiary/aromatic N) is 1. The first kappa shape index (κ1) is 23.1. The second-order valence-corrected chi connectivity index (χ2v) is 7.51. The summed E-state index contributed by atoms with van der Waals surface area (Å²) in [5, 5.41) is 7.75. The van der Waals surface area contributed by atoms with Gasteiger partial charge in [-0.3, -0.25) is 5.43 Å². The largest absolute Gasteiger partial charge is 0.497 e. The maximum absolute atomic E-state index is 5.91. The predicted octanol–water partition coefficient (Wildman–Crippen LogP) is 5.09. The fourth-order valence-corrected chi connectivity index (χ4v) is 3.01. The summed E-state index contributed by atoms with van der Waals surface area (Å²) in [6, 6.07) is 21.3. The molecule has 3 aromatic rings. The van der Waals surface area contributed by atoms with E-state index < -0.39 is 0 Å². The molecule has 0 saturated heterocycles. The Bertz CT molecular complexity index is 1050. The zero-order valence-corrected chi connectivity index (χ0v) is 19.2. The van der Waals surface area contributed by atoms with E-state index in [2.05, 4.69) is 15.8 Å². The van der Waals surface area contributed by atoms with Crippen molar-refractivity contribution in [3.05, 3.63) is 83.4 Å². The van der Waals surface area contributed by atoms with Crippen LogP contribution in [0.15, 0.2) is 71.8 Å². The van der Waals surface area contributed by atoms with Gasteiger partial charge in [-0.05, 0) is 74.6 Å². The molecule has 0 saturated carbocycles. The Hall–Kier alpha value is -3.58. The molecule has 0 unspecified atom stereocenters. The lowest BCUT2D eigenvalue weighted by molar-refractivity contribution is 0.217. The molecule has 0 radical (unpaired) electrons. The normalized spacial score (nSPS) is 10.6. The summed E-state index contributed by atoms with van der Waals surface area (Å²) in [4.78, 5) is 0. The molecule has 0 spiro atoms. The van der Waals surface area contributed by atoms with E-state index in [9.17, 15) is 0 Å². The first-order valence-electron chi connectivity index (χ1n) is 10.2. The van der Waals surface area contributed by atoms with Crippen LogP contribution in [0.4, 0.5) is 5.69 Å². The average Bonchev–Trinajstić information content (AvgIpc) is 2.80. The van der Waals surface area contributed by atoms with E-state index in [1.54, 1.807) is 13.3 Å². The van der Waals surface area contributed by atoms with Gasteiger partial charge in [0.05, 0.1) is 13.3 Å². The molecule has 3 aromatic carbocycles. The van der Waals surface area contributed by atoms with E-state index >= 15 is 0 Å². The summed E-state index contributed by atoms with van der Waals surface area (Å²) in [5.74, 6) is 2.27. The van der Waals surface area contributed by atoms with Gasteiger partial charge in [0.1, 0.15) is 30.5 Å². The van der Waals surface area contributed by atoms with E-state index in [0.717, 1.165) is 34.1 Å². The van der Waals surface area contributed by atoms with Crippen molar-refractivity contribution in [2.75, 3.05) is 25.6 Å². The molecule has 0 fully saturated rings. The lowest BCUT2D eigenvalue weighted by atomic mass is 10.1. The van der Waals surface area contributed by atoms with Gasteiger partial charge in [0.25, 0.3) is 0 Å². The number of rotatable bonds is 9. The van der Waals surface area contributed by atoms with Gasteiger partial charge in [-0.25, -0.2) is 0 Å². The number of hydrogen-bond donors (Lipinski definition) is 2. The maximum atomic E-state index is 5.91. The molecule has 0 aromatic heterocycles. The molecule has 0 aliphatic rings. The summed E-state index contributed by atoms with van der Waals surface area (Å²) in [5.41, 5.74) is 6.88. The van der Waals surface area contributed by atoms with Crippen LogP contribution in [0.1, 0.15) is 16.7 Å². The Labute approximate surface area is 194 Å². The van der Waals surface area contributed by atoms with Crippen LogP contribution >= 0.6 is 12.2 Å². The Morgan fingerprint density at radius 1 is 0.875 bits per heavy atom. The van der Waals surface area contributed by atoms with Crippen molar-refractivity contribution >= 4 is 29.2 Å². The first-order valence-corrected chi connectivity index (χ1v) is 10.6. The number of aryl methyl sites for hydroxylation is 2. The minimum atomic E-state index is 0.400. The molecule has 32 heavy (non-hydrogen) atoms. The highest BCUT2D eigenvalue weighted by Crippen LogP contribution is 2.19. The van der Waals surface area contributed by atoms with Gasteiger partial charge < -0.3 is 19.5 Å². The third-order valence-electron chi connectivity index (χ3n) is 4.51. The minimum Gasteiger partial charge on any atom is -0.497 e. The topological polar surface area (TPSA) is 64.1 Å². The lowest BCUT2D eigenvalue weighted by Crippen LogP contribution is -2.23. The van der Waals surface area contributed by atoms with Crippen LogP contribution < -0.4 is 25.0 Å². The number of anilines is 1. The molecule has 7 heteroatoms. The van der Waals surface area contributed by atoms with Gasteiger partial charge in [0.2, 0.25) is 0 Å². The van der Waals surface area contributed by atoms with Crippen molar-refractivity contribution < 1.29 is 14.2 Å². The highest BCUT2D eigenvalue weighted by Gasteiger charge is 2.04. The van der Waals surface area contributed by atoms with Crippen molar-refractivity contribution in [3.8, 4) is 17.2 Å². The second-order valence-electron chi connectivity index (χ2n) is 7.10. The van der Waals surface area contributed by atoms with Crippen LogP contribution in [0.25, 0.3) is 0 Å². The molecule has 0 aliphatic carbocycles. The zero-order chi connectivity index (χ0) is 22.8. The van der Waals surface area contributed by atoms with Gasteiger partial charge in [-0.15, -0.1) is 0 Å². The van der Waals surface area contributed by atoms with Crippen molar-refractivity contribution in [2.45, 2.75) is 13.8 Å². The summed E-state index contributed by atoms with van der Waals surface area (Å²) < 4.78 is 16.8. The molecule has 166 valence electrons. The van der Waals surface area contributed by atoms with Crippen molar-refractivity contribution in [3.63, 3.8) is 0 Å². The Morgan fingerprint density at radius 3 is 2.25 bits per heavy atom. The standard InChI is InChI=1S/C25H27N3O3S/c1-18-4-7-21(8-5-18)27-25(32)28-26-17-20-16-19(2)6-13-24(20)31-15-14-30-23-11-9-22(29-3)10-12-23/h4-13,16-17H,14-15H2,1-3H3,(H2,27,28,32)/b26-17-. The number of nitrogens with one attached hydrogen (secondary N) is 2. The van der Waals surface area contributed by atoms with E-state index in [4.69, 9.17) is 26.4 Å². The molecule has 0 bridgehead atoms. The summed E-state index contributed by atoms with van der Waals surface area (Å²) in [7, 11) is 1.63. The zero-order valence-electron chi connectivity index (χ0n) is 18.4. The molecule has 0 heterocycles. The van der Waals surface area contributed by atoms with Crippen LogP contribution in [0.3, 0.4) is 0 Å². The Balaban J connectivity index is 1.50. The van der Waals surface area contributed by atoms with E-state index in [0.29, 0.717) is 18.3 Å². The Morgan fingerprint density at radius 2 is 1.53 bits per heavy atom. The molecule has 3 rings (SSSR count). The minimum absolute atomic E-state index is 0.400. The number of benzene rings is 3. The second kappa shape index (κ2) is 11.7. The van der Waals surface area contributed by atoms with E-state index in [1.807, 2.05) is 80.6 Å². The Kier molecular flexibility index (Phi) is 8.45. The van der Waals surface area contributed by atoms with Gasteiger partial charge in [0.15, 0.2) is 5.11 Å². The van der Waals surface area contributed by atoms with Gasteiger partial charge >= 0.3 is 0 Å². The van der Waals surface area contributed by atoms with Crippen LogP contribution in [0, 0.1) is 13.8 Å². The number of thiocarbonyl (C=S) groups is 1. The lowest BCUT2D eigenvalue weighted by Gasteiger charge is -2.11. The van der Waals surface area contributed by atoms with Crippen LogP contribution in [0.5, 0.6) is 17.2 Å². The number of hydrazone groups is 1. The molecule has 2 N–H and O–H groups in total. The predicted molar refractivity (Wildman–Crippen MR) is 133 cm³/mol. The molecule has 0 amide bonds. The van der Waals surface area contributed by atoms with Crippen LogP contribution in [-0.4, -0.2) is 31.7 Å². The highest BCUT2D eigenvalue weighted by molar-refractivity contribution is 7.80. The highest BCUT2D eigenvalue weighted by atomic mass is 32.1. The number of hydrogen-bond acceptors (Lipinski definition) is 5. The van der Waals surface area contributed by atoms with Crippen molar-refractivity contribution in [1.82, 2.24) is 5.43 Å². The van der Waals surface area contributed by atoms with E-state index in [1.165, 1.54) is 5.56 Å². The molecule has 0 aliphatic heterocycles. The summed E-state index contributed by atoms with van der Waals surface area (Å²) in [6.07, 6.45) is 1.69. The van der Waals surface area contributed by atoms with E-state index in [-0.39, 0.29) is 0 Å². The molecule has 0 atom stereocenters. The van der Waals surface area contributed by atoms with Gasteiger partial charge in [-0.1, -0.05) is 29.3 Å². The van der Waals surface area contributed by atoms with Crippen molar-refractivity contribution in [2.24, 2.45) is 5.10 Å². The van der Waals surface area contributed by atoms with Crippen molar-refractivity contribution in [1.29, 1.82) is 0 Å². The van der Waals surface area contributed by atoms with Crippen LogP contribution in [0.2, 0.25) is 0 Å². The summed E-state index contributed by atoms with van der Waals surface area (Å²) >= 11 is 5.30.